The van der Waals surface area contributed by atoms with Crippen molar-refractivity contribution in [1.29, 1.82) is 0 Å². The number of hydrogen-bond donors (Lipinski definition) is 1. The first-order valence-corrected chi connectivity index (χ1v) is 5.29. The Kier molecular flexibility index (Phi) is 3.72. The van der Waals surface area contributed by atoms with Gasteiger partial charge in [0.25, 0.3) is 0 Å². The van der Waals surface area contributed by atoms with Crippen molar-refractivity contribution in [3.8, 4) is 0 Å². The van der Waals surface area contributed by atoms with Crippen LogP contribution >= 0.6 is 0 Å². The number of hydrogen-bond acceptors (Lipinski definition) is 2. The van der Waals surface area contributed by atoms with Crippen molar-refractivity contribution in [2.24, 2.45) is 17.6 Å². The highest BCUT2D eigenvalue weighted by molar-refractivity contribution is 5.83. The summed E-state index contributed by atoms with van der Waals surface area (Å²) in [4.78, 5) is 13.2. The molecule has 0 fully saturated rings. The van der Waals surface area contributed by atoms with Crippen LogP contribution in [0.15, 0.2) is 36.2 Å². The zero-order valence-corrected chi connectivity index (χ0v) is 9.47. The first-order chi connectivity index (χ1) is 7.18. The predicted molar refractivity (Wildman–Crippen MR) is 61.6 cm³/mol. The largest absolute Gasteiger partial charge is 0.399 e. The summed E-state index contributed by atoms with van der Waals surface area (Å²) >= 11 is 0. The first-order valence-electron chi connectivity index (χ1n) is 5.29. The SMILES string of the molecule is CC.CN1C=CC2C=CC(N)=CC2C1=O. The zero-order valence-electron chi connectivity index (χ0n) is 9.47. The highest BCUT2D eigenvalue weighted by Gasteiger charge is 2.30. The van der Waals surface area contributed by atoms with Crippen molar-refractivity contribution in [2.45, 2.75) is 13.8 Å². The van der Waals surface area contributed by atoms with Gasteiger partial charge in [-0.05, 0) is 12.2 Å². The Balaban J connectivity index is 0.000000531. The van der Waals surface area contributed by atoms with Crippen molar-refractivity contribution >= 4 is 5.91 Å². The van der Waals surface area contributed by atoms with Gasteiger partial charge in [-0.2, -0.15) is 0 Å². The van der Waals surface area contributed by atoms with E-state index in [1.54, 1.807) is 11.9 Å². The molecule has 1 amide bonds. The van der Waals surface area contributed by atoms with E-state index < -0.39 is 0 Å². The molecule has 1 aliphatic carbocycles. The Morgan fingerprint density at radius 3 is 2.67 bits per heavy atom. The molecule has 1 heterocycles. The molecular formula is C12H18N2O. The molecule has 0 aromatic carbocycles. The van der Waals surface area contributed by atoms with E-state index in [-0.39, 0.29) is 17.7 Å². The fraction of sp³-hybridized carbons (Fsp3) is 0.417. The summed E-state index contributed by atoms with van der Waals surface area (Å²) in [6, 6.07) is 0. The van der Waals surface area contributed by atoms with E-state index in [4.69, 9.17) is 5.73 Å². The lowest BCUT2D eigenvalue weighted by molar-refractivity contribution is -0.131. The van der Waals surface area contributed by atoms with Crippen molar-refractivity contribution in [1.82, 2.24) is 4.90 Å². The van der Waals surface area contributed by atoms with Gasteiger partial charge >= 0.3 is 0 Å². The molecule has 2 rings (SSSR count). The average Bonchev–Trinajstić information content (AvgIpc) is 2.27. The second kappa shape index (κ2) is 4.82. The smallest absolute Gasteiger partial charge is 0.234 e. The van der Waals surface area contributed by atoms with Gasteiger partial charge in [0.05, 0.1) is 5.92 Å². The molecule has 82 valence electrons. The van der Waals surface area contributed by atoms with Gasteiger partial charge in [0.1, 0.15) is 0 Å². The third-order valence-electron chi connectivity index (χ3n) is 2.46. The summed E-state index contributed by atoms with van der Waals surface area (Å²) in [6.45, 7) is 4.00. The third-order valence-corrected chi connectivity index (χ3v) is 2.46. The molecule has 1 aliphatic heterocycles. The fourth-order valence-corrected chi connectivity index (χ4v) is 1.67. The predicted octanol–water partition coefficient (Wildman–Crippen LogP) is 1.64. The maximum absolute atomic E-state index is 11.6. The van der Waals surface area contributed by atoms with Crippen LogP contribution in [0, 0.1) is 11.8 Å². The molecule has 2 N–H and O–H groups in total. The monoisotopic (exact) mass is 206 g/mol. The highest BCUT2D eigenvalue weighted by atomic mass is 16.2. The van der Waals surface area contributed by atoms with Gasteiger partial charge in [0.2, 0.25) is 5.91 Å². The molecule has 3 nitrogen and oxygen atoms in total. The Morgan fingerprint density at radius 1 is 1.33 bits per heavy atom. The number of carbonyl (C=O) groups excluding carboxylic acids is 1. The number of fused-ring (bicyclic) bond motifs is 1. The van der Waals surface area contributed by atoms with E-state index in [0.29, 0.717) is 5.70 Å². The zero-order chi connectivity index (χ0) is 11.4. The fourth-order valence-electron chi connectivity index (χ4n) is 1.67. The molecule has 0 aromatic heterocycles. The molecule has 0 radical (unpaired) electrons. The minimum Gasteiger partial charge on any atom is -0.399 e. The summed E-state index contributed by atoms with van der Waals surface area (Å²) in [7, 11) is 1.76. The Morgan fingerprint density at radius 2 is 2.00 bits per heavy atom. The molecule has 0 bridgehead atoms. The van der Waals surface area contributed by atoms with Crippen LogP contribution in [0.4, 0.5) is 0 Å². The second-order valence-corrected chi connectivity index (χ2v) is 3.42. The van der Waals surface area contributed by atoms with Crippen LogP contribution in [0.1, 0.15) is 13.8 Å². The van der Waals surface area contributed by atoms with Crippen LogP contribution < -0.4 is 5.73 Å². The van der Waals surface area contributed by atoms with E-state index in [0.717, 1.165) is 0 Å². The highest BCUT2D eigenvalue weighted by Crippen LogP contribution is 2.27. The maximum atomic E-state index is 11.6. The molecule has 3 heteroatoms. The molecule has 0 saturated heterocycles. The molecule has 0 aromatic rings. The van der Waals surface area contributed by atoms with E-state index in [9.17, 15) is 4.79 Å². The van der Waals surface area contributed by atoms with Gasteiger partial charge < -0.3 is 10.6 Å². The normalized spacial score (nSPS) is 27.8. The molecule has 2 unspecified atom stereocenters. The number of allylic oxidation sites excluding steroid dienone is 3. The number of rotatable bonds is 0. The van der Waals surface area contributed by atoms with Crippen molar-refractivity contribution in [3.63, 3.8) is 0 Å². The van der Waals surface area contributed by atoms with Crippen LogP contribution in [0.2, 0.25) is 0 Å². The Labute approximate surface area is 90.9 Å². The Bertz CT molecular complexity index is 329. The summed E-state index contributed by atoms with van der Waals surface area (Å²) in [5.74, 6) is 0.204. The van der Waals surface area contributed by atoms with Crippen molar-refractivity contribution in [2.75, 3.05) is 7.05 Å². The van der Waals surface area contributed by atoms with Crippen LogP contribution in [0.3, 0.4) is 0 Å². The van der Waals surface area contributed by atoms with E-state index in [1.807, 2.05) is 44.4 Å². The van der Waals surface area contributed by atoms with Gasteiger partial charge in [-0.15, -0.1) is 0 Å². The van der Waals surface area contributed by atoms with Crippen molar-refractivity contribution < 1.29 is 4.79 Å². The van der Waals surface area contributed by atoms with Gasteiger partial charge in [-0.3, -0.25) is 4.79 Å². The minimum atomic E-state index is -0.0972. The molecule has 0 spiro atoms. The first kappa shape index (κ1) is 11.6. The minimum absolute atomic E-state index is 0.0972. The van der Waals surface area contributed by atoms with Crippen molar-refractivity contribution in [3.05, 3.63) is 36.2 Å². The molecule has 15 heavy (non-hydrogen) atoms. The lowest BCUT2D eigenvalue weighted by Crippen LogP contribution is -2.36. The third kappa shape index (κ3) is 2.29. The lowest BCUT2D eigenvalue weighted by Gasteiger charge is -2.29. The van der Waals surface area contributed by atoms with E-state index in [2.05, 4.69) is 0 Å². The number of nitrogens with zero attached hydrogens (tertiary/aromatic N) is 1. The van der Waals surface area contributed by atoms with E-state index >= 15 is 0 Å². The summed E-state index contributed by atoms with van der Waals surface area (Å²) in [5.41, 5.74) is 6.31. The number of amides is 1. The lowest BCUT2D eigenvalue weighted by atomic mass is 9.84. The van der Waals surface area contributed by atoms with Crippen LogP contribution in [0.25, 0.3) is 0 Å². The quantitative estimate of drug-likeness (QED) is 0.655. The number of carbonyl (C=O) groups is 1. The van der Waals surface area contributed by atoms with Crippen LogP contribution in [-0.4, -0.2) is 17.9 Å². The van der Waals surface area contributed by atoms with E-state index in [1.165, 1.54) is 0 Å². The van der Waals surface area contributed by atoms with Gasteiger partial charge in [0, 0.05) is 24.9 Å². The summed E-state index contributed by atoms with van der Waals surface area (Å²) in [5, 5.41) is 0. The standard InChI is InChI=1S/C10H12N2O.C2H6/c1-12-5-4-7-2-3-8(11)6-9(7)10(12)13;1-2/h2-7,9H,11H2,1H3;1-2H3. The van der Waals surface area contributed by atoms with Gasteiger partial charge in [-0.1, -0.05) is 26.0 Å². The van der Waals surface area contributed by atoms with Gasteiger partial charge in [0.15, 0.2) is 0 Å². The maximum Gasteiger partial charge on any atom is 0.234 e. The summed E-state index contributed by atoms with van der Waals surface area (Å²) in [6.07, 6.45) is 9.48. The molecule has 0 saturated carbocycles. The Hall–Kier alpha value is -1.51. The average molecular weight is 206 g/mol. The molecular weight excluding hydrogens is 188 g/mol. The molecule has 2 aliphatic rings. The van der Waals surface area contributed by atoms with Gasteiger partial charge in [-0.25, -0.2) is 0 Å². The second-order valence-electron chi connectivity index (χ2n) is 3.42. The summed E-state index contributed by atoms with van der Waals surface area (Å²) < 4.78 is 0. The number of nitrogens with two attached hydrogens (primary N) is 1. The van der Waals surface area contributed by atoms with Crippen LogP contribution in [-0.2, 0) is 4.79 Å². The molecule has 2 atom stereocenters. The topological polar surface area (TPSA) is 46.3 Å². The van der Waals surface area contributed by atoms with Crippen LogP contribution in [0.5, 0.6) is 0 Å².